The highest BCUT2D eigenvalue weighted by molar-refractivity contribution is 5.69. The molecule has 3 heteroatoms. The smallest absolute Gasteiger partial charge is 0.0603 e. The summed E-state index contributed by atoms with van der Waals surface area (Å²) in [6.07, 6.45) is 3.62. The highest BCUT2D eigenvalue weighted by Gasteiger charge is 2.53. The fraction of sp³-hybridized carbons (Fsp3) is 0.909. The van der Waals surface area contributed by atoms with Gasteiger partial charge in [-0.15, -0.1) is 0 Å². The van der Waals surface area contributed by atoms with Crippen molar-refractivity contribution in [3.63, 3.8) is 0 Å². The van der Waals surface area contributed by atoms with Gasteiger partial charge in [0.15, 0.2) is 0 Å². The van der Waals surface area contributed by atoms with Crippen molar-refractivity contribution < 1.29 is 15.0 Å². The molecule has 0 aromatic rings. The number of rotatable bonds is 1. The van der Waals surface area contributed by atoms with Crippen molar-refractivity contribution in [2.75, 3.05) is 0 Å². The highest BCUT2D eigenvalue weighted by atomic mass is 16.4. The third kappa shape index (κ3) is 0.991. The lowest BCUT2D eigenvalue weighted by molar-refractivity contribution is -0.322. The monoisotopic (exact) mass is 195 g/mol. The zero-order chi connectivity index (χ0) is 9.87. The summed E-state index contributed by atoms with van der Waals surface area (Å²) in [5.74, 6) is 0.0636. The lowest BCUT2D eigenvalue weighted by atomic mass is 9.50. The molecule has 0 aliphatic heterocycles. The van der Waals surface area contributed by atoms with Crippen molar-refractivity contribution in [1.82, 2.24) is 0 Å². The molecule has 0 saturated heterocycles. The second-order valence-corrected chi connectivity index (χ2v) is 5.33. The third-order valence-electron chi connectivity index (χ3n) is 4.65. The molecular formula is C11H15O3-. The molecule has 4 bridgehead atoms. The van der Waals surface area contributed by atoms with Gasteiger partial charge in [0.1, 0.15) is 0 Å². The number of carbonyl (C=O) groups is 1. The molecule has 0 aromatic carbocycles. The van der Waals surface area contributed by atoms with Gasteiger partial charge in [-0.05, 0) is 49.4 Å². The Labute approximate surface area is 83.1 Å². The lowest BCUT2D eigenvalue weighted by Gasteiger charge is -2.57. The molecule has 0 spiro atoms. The Balaban J connectivity index is 1.93. The van der Waals surface area contributed by atoms with Gasteiger partial charge in [0.2, 0.25) is 0 Å². The molecule has 4 fully saturated rings. The maximum Gasteiger partial charge on any atom is 0.0603 e. The van der Waals surface area contributed by atoms with Crippen molar-refractivity contribution in [3.8, 4) is 0 Å². The molecule has 4 aliphatic carbocycles. The highest BCUT2D eigenvalue weighted by Crippen LogP contribution is 2.56. The SMILES string of the molecule is O=C([O-])[C@@H]1[C@@H]2C[C@H]3C[C@@H](C2)[C@H](O)[C@@H]1C3. The van der Waals surface area contributed by atoms with E-state index in [0.717, 1.165) is 25.7 Å². The molecule has 3 nitrogen and oxygen atoms in total. The largest absolute Gasteiger partial charge is 0.550 e. The summed E-state index contributed by atoms with van der Waals surface area (Å²) in [7, 11) is 0. The molecule has 4 aliphatic rings. The maximum atomic E-state index is 11.0. The Morgan fingerprint density at radius 3 is 2.57 bits per heavy atom. The van der Waals surface area contributed by atoms with E-state index < -0.39 is 5.97 Å². The Morgan fingerprint density at radius 1 is 1.14 bits per heavy atom. The number of aliphatic hydroxyl groups excluding tert-OH is 1. The Hall–Kier alpha value is -0.570. The average molecular weight is 195 g/mol. The first-order chi connectivity index (χ1) is 6.66. The first-order valence-electron chi connectivity index (χ1n) is 5.55. The molecule has 0 radical (unpaired) electrons. The van der Waals surface area contributed by atoms with Crippen LogP contribution in [0.3, 0.4) is 0 Å². The standard InChI is InChI=1S/C11H16O3/c12-10-7-2-5-1-6(4-7)9(11(13)14)8(10)3-5/h5-10,12H,1-4H2,(H,13,14)/p-1/t5-,6+,7-,8+,9+,10-/m0/s1. The molecule has 1 N–H and O–H groups in total. The number of aliphatic hydroxyl groups is 1. The molecule has 0 amide bonds. The first kappa shape index (κ1) is 8.72. The Kier molecular flexibility index (Phi) is 1.69. The van der Waals surface area contributed by atoms with Crippen LogP contribution in [0.25, 0.3) is 0 Å². The van der Waals surface area contributed by atoms with E-state index in [1.54, 1.807) is 0 Å². The zero-order valence-electron chi connectivity index (χ0n) is 8.06. The topological polar surface area (TPSA) is 60.4 Å². The Morgan fingerprint density at radius 2 is 1.86 bits per heavy atom. The quantitative estimate of drug-likeness (QED) is 0.629. The van der Waals surface area contributed by atoms with Gasteiger partial charge in [0.05, 0.1) is 6.10 Å². The average Bonchev–Trinajstić information content (AvgIpc) is 2.12. The molecule has 0 heterocycles. The Bertz CT molecular complexity index is 276. The van der Waals surface area contributed by atoms with Gasteiger partial charge in [-0.1, -0.05) is 0 Å². The van der Waals surface area contributed by atoms with Gasteiger partial charge >= 0.3 is 0 Å². The van der Waals surface area contributed by atoms with Crippen LogP contribution in [-0.2, 0) is 4.79 Å². The lowest BCUT2D eigenvalue weighted by Crippen LogP contribution is -2.57. The van der Waals surface area contributed by atoms with Crippen LogP contribution >= 0.6 is 0 Å². The van der Waals surface area contributed by atoms with E-state index in [2.05, 4.69) is 0 Å². The van der Waals surface area contributed by atoms with Crippen LogP contribution in [0.1, 0.15) is 25.7 Å². The molecule has 78 valence electrons. The predicted octanol–water partition coefficient (Wildman–Crippen LogP) is -0.221. The summed E-state index contributed by atoms with van der Waals surface area (Å²) < 4.78 is 0. The van der Waals surface area contributed by atoms with E-state index in [0.29, 0.717) is 17.8 Å². The minimum Gasteiger partial charge on any atom is -0.550 e. The fourth-order valence-corrected chi connectivity index (χ4v) is 4.25. The van der Waals surface area contributed by atoms with E-state index in [9.17, 15) is 15.0 Å². The van der Waals surface area contributed by atoms with Crippen molar-refractivity contribution in [3.05, 3.63) is 0 Å². The summed E-state index contributed by atoms with van der Waals surface area (Å²) in [6.45, 7) is 0. The first-order valence-corrected chi connectivity index (χ1v) is 5.55. The molecule has 6 atom stereocenters. The molecule has 14 heavy (non-hydrogen) atoms. The number of carbonyl (C=O) groups excluding carboxylic acids is 1. The van der Waals surface area contributed by atoms with Gasteiger partial charge in [-0.25, -0.2) is 0 Å². The van der Waals surface area contributed by atoms with Gasteiger partial charge in [-0.2, -0.15) is 0 Å². The van der Waals surface area contributed by atoms with E-state index in [1.165, 1.54) is 0 Å². The second-order valence-electron chi connectivity index (χ2n) is 5.33. The van der Waals surface area contributed by atoms with E-state index in [1.807, 2.05) is 0 Å². The second kappa shape index (κ2) is 2.72. The number of hydrogen-bond acceptors (Lipinski definition) is 3. The van der Waals surface area contributed by atoms with Gasteiger partial charge in [0, 0.05) is 11.9 Å². The number of hydrogen-bond donors (Lipinski definition) is 1. The van der Waals surface area contributed by atoms with Gasteiger partial charge in [0.25, 0.3) is 0 Å². The number of carboxylic acids is 1. The normalized spacial score (nSPS) is 54.9. The maximum absolute atomic E-state index is 11.0. The van der Waals surface area contributed by atoms with Gasteiger partial charge in [-0.3, -0.25) is 0 Å². The van der Waals surface area contributed by atoms with Crippen LogP contribution < -0.4 is 5.11 Å². The van der Waals surface area contributed by atoms with Crippen molar-refractivity contribution in [2.24, 2.45) is 29.6 Å². The minimum atomic E-state index is -0.933. The van der Waals surface area contributed by atoms with Crippen molar-refractivity contribution >= 4 is 5.97 Å². The number of aliphatic carboxylic acids is 1. The van der Waals surface area contributed by atoms with Crippen LogP contribution in [0.4, 0.5) is 0 Å². The summed E-state index contributed by atoms with van der Waals surface area (Å²) in [4.78, 5) is 11.0. The van der Waals surface area contributed by atoms with Crippen molar-refractivity contribution in [2.45, 2.75) is 31.8 Å². The van der Waals surface area contributed by atoms with Crippen LogP contribution in [-0.4, -0.2) is 17.2 Å². The summed E-state index contributed by atoms with van der Waals surface area (Å²) >= 11 is 0. The van der Waals surface area contributed by atoms with Crippen LogP contribution in [0.15, 0.2) is 0 Å². The fourth-order valence-electron chi connectivity index (χ4n) is 4.25. The minimum absolute atomic E-state index is 0.00347. The zero-order valence-corrected chi connectivity index (χ0v) is 8.06. The third-order valence-corrected chi connectivity index (χ3v) is 4.65. The van der Waals surface area contributed by atoms with E-state index in [4.69, 9.17) is 0 Å². The molecular weight excluding hydrogens is 180 g/mol. The van der Waals surface area contributed by atoms with Crippen molar-refractivity contribution in [1.29, 1.82) is 0 Å². The van der Waals surface area contributed by atoms with Crippen LogP contribution in [0, 0.1) is 29.6 Å². The molecule has 4 saturated carbocycles. The van der Waals surface area contributed by atoms with E-state index in [-0.39, 0.29) is 17.9 Å². The summed E-state index contributed by atoms with van der Waals surface area (Å²) in [5, 5.41) is 21.0. The van der Waals surface area contributed by atoms with Gasteiger partial charge < -0.3 is 15.0 Å². The van der Waals surface area contributed by atoms with Crippen LogP contribution in [0.2, 0.25) is 0 Å². The number of carboxylic acid groups (broad SMARTS) is 1. The summed E-state index contributed by atoms with van der Waals surface area (Å²) in [6, 6.07) is 0. The predicted molar refractivity (Wildman–Crippen MR) is 46.9 cm³/mol. The summed E-state index contributed by atoms with van der Waals surface area (Å²) in [5.41, 5.74) is 0. The molecule has 0 unspecified atom stereocenters. The van der Waals surface area contributed by atoms with Crippen LogP contribution in [0.5, 0.6) is 0 Å². The van der Waals surface area contributed by atoms with E-state index >= 15 is 0 Å². The molecule has 4 rings (SSSR count). The molecule has 0 aromatic heterocycles.